The van der Waals surface area contributed by atoms with E-state index >= 15 is 0 Å². The molecule has 188 valence electrons. The van der Waals surface area contributed by atoms with Crippen molar-refractivity contribution in [3.63, 3.8) is 0 Å². The highest BCUT2D eigenvalue weighted by Crippen LogP contribution is 2.43. The number of H-pyrrole nitrogens is 1. The van der Waals surface area contributed by atoms with Crippen LogP contribution in [0.4, 0.5) is 0 Å². The van der Waals surface area contributed by atoms with Gasteiger partial charge in [0.15, 0.2) is 11.5 Å². The van der Waals surface area contributed by atoms with Gasteiger partial charge < -0.3 is 19.3 Å². The van der Waals surface area contributed by atoms with Crippen molar-refractivity contribution in [2.24, 2.45) is 5.10 Å². The molecule has 0 saturated carbocycles. The number of hydrogen-bond acceptors (Lipinski definition) is 8. The Bertz CT molecular complexity index is 1450. The number of hydrogen-bond donors (Lipinski definition) is 2. The second kappa shape index (κ2) is 9.78. The summed E-state index contributed by atoms with van der Waals surface area (Å²) in [5.41, 5.74) is -0.915. The molecule has 4 rings (SSSR count). The van der Waals surface area contributed by atoms with E-state index in [9.17, 15) is 19.5 Å². The quantitative estimate of drug-likeness (QED) is 0.516. The van der Waals surface area contributed by atoms with Gasteiger partial charge in [0, 0.05) is 18.4 Å². The molecule has 11 nitrogen and oxygen atoms in total. The van der Waals surface area contributed by atoms with Crippen molar-refractivity contribution in [1.82, 2.24) is 14.6 Å². The van der Waals surface area contributed by atoms with E-state index in [0.29, 0.717) is 27.8 Å². The van der Waals surface area contributed by atoms with Gasteiger partial charge >= 0.3 is 5.69 Å². The van der Waals surface area contributed by atoms with Gasteiger partial charge in [-0.1, -0.05) is 11.6 Å². The number of ether oxygens (including phenoxy) is 3. The molecule has 3 aromatic rings. The molecule has 1 aliphatic heterocycles. The summed E-state index contributed by atoms with van der Waals surface area (Å²) in [5.74, 6) is 0.118. The Morgan fingerprint density at radius 1 is 1.08 bits per heavy atom. The minimum absolute atomic E-state index is 0.0632. The lowest BCUT2D eigenvalue weighted by Gasteiger charge is -2.22. The first-order valence-electron chi connectivity index (χ1n) is 10.7. The van der Waals surface area contributed by atoms with Crippen LogP contribution in [0.5, 0.6) is 23.1 Å². The second-order valence-electron chi connectivity index (χ2n) is 7.86. The molecule has 0 radical (unpaired) electrons. The molecule has 1 aromatic heterocycles. The molecule has 12 heteroatoms. The van der Waals surface area contributed by atoms with Crippen LogP contribution in [-0.4, -0.2) is 52.6 Å². The van der Waals surface area contributed by atoms with Gasteiger partial charge in [-0.25, -0.2) is 14.4 Å². The number of aromatic amines is 1. The molecule has 1 aliphatic rings. The number of carbonyl (C=O) groups excluding carboxylic acids is 1. The third kappa shape index (κ3) is 4.29. The summed E-state index contributed by atoms with van der Waals surface area (Å²) < 4.78 is 17.1. The number of nitrogens with one attached hydrogen (secondary N) is 1. The van der Waals surface area contributed by atoms with Crippen molar-refractivity contribution in [1.29, 1.82) is 0 Å². The van der Waals surface area contributed by atoms with Crippen molar-refractivity contribution in [3.05, 3.63) is 73.4 Å². The predicted molar refractivity (Wildman–Crippen MR) is 132 cm³/mol. The van der Waals surface area contributed by atoms with Gasteiger partial charge in [0.25, 0.3) is 5.56 Å². The van der Waals surface area contributed by atoms with Gasteiger partial charge in [-0.15, -0.1) is 0 Å². The standard InChI is InChI=1S/C24H23ClN4O7/c1-12(30)29-17(13-9-18(34-2)21(36-4)19(10-13)35-3)11-16(27-29)20-22(31)26-24(33)28(23(20)32)15-7-5-14(25)6-8-15/h5-10,17,32H,11H2,1-4H3,(H,26,31,33). The van der Waals surface area contributed by atoms with Crippen LogP contribution in [0.25, 0.3) is 5.69 Å². The number of aromatic nitrogens is 2. The maximum Gasteiger partial charge on any atom is 0.335 e. The van der Waals surface area contributed by atoms with Crippen molar-refractivity contribution in [2.45, 2.75) is 19.4 Å². The zero-order chi connectivity index (χ0) is 26.1. The normalized spacial score (nSPS) is 15.0. The van der Waals surface area contributed by atoms with Gasteiger partial charge in [-0.05, 0) is 42.0 Å². The van der Waals surface area contributed by atoms with Crippen LogP contribution >= 0.6 is 11.6 Å². The Kier molecular flexibility index (Phi) is 6.75. The van der Waals surface area contributed by atoms with Crippen molar-refractivity contribution < 1.29 is 24.1 Å². The van der Waals surface area contributed by atoms with Crippen LogP contribution < -0.4 is 25.5 Å². The molecule has 0 fully saturated rings. The third-order valence-corrected chi connectivity index (χ3v) is 6.02. The molecule has 1 atom stereocenters. The van der Waals surface area contributed by atoms with Crippen LogP contribution in [0, 0.1) is 0 Å². The topological polar surface area (TPSA) is 135 Å². The lowest BCUT2D eigenvalue weighted by atomic mass is 9.98. The number of rotatable bonds is 6. The number of nitrogens with zero attached hydrogens (tertiary/aromatic N) is 3. The van der Waals surface area contributed by atoms with Gasteiger partial charge in [0.2, 0.25) is 17.5 Å². The Hall–Kier alpha value is -4.25. The monoisotopic (exact) mass is 514 g/mol. The average Bonchev–Trinajstić information content (AvgIpc) is 3.29. The fourth-order valence-corrected chi connectivity index (χ4v) is 4.25. The molecule has 0 spiro atoms. The molecule has 2 aromatic carbocycles. The number of aromatic hydroxyl groups is 1. The summed E-state index contributed by atoms with van der Waals surface area (Å²) in [6, 6.07) is 8.82. The summed E-state index contributed by atoms with van der Waals surface area (Å²) in [6.45, 7) is 1.33. The Balaban J connectivity index is 1.84. The lowest BCUT2D eigenvalue weighted by Crippen LogP contribution is -2.33. The number of benzene rings is 2. The van der Waals surface area contributed by atoms with Gasteiger partial charge in [-0.3, -0.25) is 14.6 Å². The Morgan fingerprint density at radius 3 is 2.22 bits per heavy atom. The number of hydrazone groups is 1. The minimum atomic E-state index is -0.841. The molecule has 36 heavy (non-hydrogen) atoms. The largest absolute Gasteiger partial charge is 0.493 e. The van der Waals surface area contributed by atoms with E-state index in [4.69, 9.17) is 25.8 Å². The van der Waals surface area contributed by atoms with E-state index in [-0.39, 0.29) is 23.4 Å². The highest BCUT2D eigenvalue weighted by molar-refractivity contribution is 6.30. The second-order valence-corrected chi connectivity index (χ2v) is 8.30. The van der Waals surface area contributed by atoms with Crippen molar-refractivity contribution >= 4 is 23.2 Å². The number of halogens is 1. The number of carbonyl (C=O) groups is 1. The highest BCUT2D eigenvalue weighted by Gasteiger charge is 2.35. The first-order chi connectivity index (χ1) is 17.2. The zero-order valence-electron chi connectivity index (χ0n) is 19.9. The fraction of sp³-hybridized carbons (Fsp3) is 0.250. The summed E-state index contributed by atoms with van der Waals surface area (Å²) in [5, 5.41) is 17.0. The lowest BCUT2D eigenvalue weighted by molar-refractivity contribution is -0.130. The number of amides is 1. The smallest absolute Gasteiger partial charge is 0.335 e. The molecule has 0 aliphatic carbocycles. The summed E-state index contributed by atoms with van der Waals surface area (Å²) in [6.07, 6.45) is 0.0632. The van der Waals surface area contributed by atoms with Crippen LogP contribution in [0.1, 0.15) is 30.5 Å². The van der Waals surface area contributed by atoms with Gasteiger partial charge in [0.1, 0.15) is 5.56 Å². The summed E-state index contributed by atoms with van der Waals surface area (Å²) >= 11 is 5.93. The maximum atomic E-state index is 12.8. The van der Waals surface area contributed by atoms with Gasteiger partial charge in [0.05, 0.1) is 38.8 Å². The summed E-state index contributed by atoms with van der Waals surface area (Å²) in [4.78, 5) is 40.0. The van der Waals surface area contributed by atoms with Crippen molar-refractivity contribution in [3.8, 4) is 28.8 Å². The molecule has 0 saturated heterocycles. The molecular formula is C24H23ClN4O7. The molecule has 2 heterocycles. The predicted octanol–water partition coefficient (Wildman–Crippen LogP) is 2.61. The van der Waals surface area contributed by atoms with E-state index < -0.39 is 29.1 Å². The molecule has 1 unspecified atom stereocenters. The molecular weight excluding hydrogens is 492 g/mol. The van der Waals surface area contributed by atoms with E-state index in [0.717, 1.165) is 4.57 Å². The van der Waals surface area contributed by atoms with E-state index in [1.54, 1.807) is 24.3 Å². The maximum absolute atomic E-state index is 12.8. The first kappa shape index (κ1) is 24.9. The molecule has 2 N–H and O–H groups in total. The first-order valence-corrected chi connectivity index (χ1v) is 11.1. The van der Waals surface area contributed by atoms with E-state index in [2.05, 4.69) is 10.1 Å². The van der Waals surface area contributed by atoms with E-state index in [1.165, 1.54) is 45.4 Å². The van der Waals surface area contributed by atoms with Gasteiger partial charge in [-0.2, -0.15) is 5.10 Å². The van der Waals surface area contributed by atoms with Crippen molar-refractivity contribution in [2.75, 3.05) is 21.3 Å². The minimum Gasteiger partial charge on any atom is -0.493 e. The highest BCUT2D eigenvalue weighted by atomic mass is 35.5. The number of methoxy groups -OCH3 is 3. The van der Waals surface area contributed by atoms with Crippen LogP contribution in [0.15, 0.2) is 51.1 Å². The van der Waals surface area contributed by atoms with Crippen LogP contribution in [-0.2, 0) is 4.79 Å². The Morgan fingerprint density at radius 2 is 1.69 bits per heavy atom. The van der Waals surface area contributed by atoms with Crippen LogP contribution in [0.3, 0.4) is 0 Å². The Labute approximate surface area is 210 Å². The molecule has 0 bridgehead atoms. The average molecular weight is 515 g/mol. The molecule has 1 amide bonds. The summed E-state index contributed by atoms with van der Waals surface area (Å²) in [7, 11) is 4.42. The SMILES string of the molecule is COc1cc(C2CC(c3c(O)n(-c4ccc(Cl)cc4)c(=O)[nH]c3=O)=NN2C(C)=O)cc(OC)c1OC. The fourth-order valence-electron chi connectivity index (χ4n) is 4.12. The van der Waals surface area contributed by atoms with E-state index in [1.807, 2.05) is 0 Å². The zero-order valence-corrected chi connectivity index (χ0v) is 20.6. The third-order valence-electron chi connectivity index (χ3n) is 5.76. The van der Waals surface area contributed by atoms with Crippen LogP contribution in [0.2, 0.25) is 5.02 Å².